The van der Waals surface area contributed by atoms with E-state index in [-0.39, 0.29) is 63.4 Å². The molecule has 316 valence electrons. The second-order valence-corrected chi connectivity index (χ2v) is 22.2. The van der Waals surface area contributed by atoms with E-state index in [1.165, 1.54) is 128 Å². The molecule has 17 heteroatoms. The summed E-state index contributed by atoms with van der Waals surface area (Å²) in [6, 6.07) is 0. The first-order valence-electron chi connectivity index (χ1n) is 20.5. The second kappa shape index (κ2) is 36.9. The molecule has 0 aliphatic heterocycles. The van der Waals surface area contributed by atoms with E-state index >= 15 is 0 Å². The predicted molar refractivity (Wildman–Crippen MR) is 203 cm³/mol. The van der Waals surface area contributed by atoms with Gasteiger partial charge in [0.2, 0.25) is 0 Å². The molecule has 0 aliphatic rings. The van der Waals surface area contributed by atoms with Crippen LogP contribution in [0.25, 0.3) is 0 Å². The fourth-order valence-corrected chi connectivity index (χ4v) is 11.1. The molecule has 0 bridgehead atoms. The topological polar surface area (TPSA) is 253 Å². The van der Waals surface area contributed by atoms with Gasteiger partial charge in [0.15, 0.2) is 0 Å². The van der Waals surface area contributed by atoms with E-state index in [0.717, 1.165) is 38.5 Å². The Kier molecular flexibility index (Phi) is 41.2. The summed E-state index contributed by atoms with van der Waals surface area (Å²) in [6.45, 7) is 4.46. The van der Waals surface area contributed by atoms with Crippen molar-refractivity contribution in [1.82, 2.24) is 0 Å². The van der Waals surface area contributed by atoms with Gasteiger partial charge >= 0.3 is 37.7 Å². The molecule has 0 spiro atoms. The molecule has 0 saturated heterocycles. The van der Waals surface area contributed by atoms with E-state index in [4.69, 9.17) is 0 Å². The predicted octanol–water partition coefficient (Wildman–Crippen LogP) is 6.42. The molecule has 0 aliphatic carbocycles. The van der Waals surface area contributed by atoms with Crippen molar-refractivity contribution in [1.29, 1.82) is 0 Å². The number of rotatable bonds is 36. The molecule has 0 fully saturated rings. The van der Waals surface area contributed by atoms with Gasteiger partial charge in [-0.3, -0.25) is 0 Å². The van der Waals surface area contributed by atoms with Crippen molar-refractivity contribution in [3.05, 3.63) is 0 Å². The first-order valence-corrected chi connectivity index (χ1v) is 26.9. The van der Waals surface area contributed by atoms with Gasteiger partial charge in [0.1, 0.15) is 0 Å². The molecule has 0 amide bonds. The molecule has 0 aromatic rings. The van der Waals surface area contributed by atoms with E-state index in [2.05, 4.69) is 13.8 Å². The van der Waals surface area contributed by atoms with Gasteiger partial charge in [-0.2, -0.15) is 0 Å². The summed E-state index contributed by atoms with van der Waals surface area (Å²) >= 11 is 0. The molecular weight excluding hydrogens is 788 g/mol. The molecule has 0 rings (SSSR count). The summed E-state index contributed by atoms with van der Waals surface area (Å²) in [7, 11) is -21.5. The molecule has 53 heavy (non-hydrogen) atoms. The van der Waals surface area contributed by atoms with Crippen LogP contribution in [0.4, 0.5) is 0 Å². The maximum absolute atomic E-state index is 10.9. The van der Waals surface area contributed by atoms with E-state index < -0.39 is 41.2 Å². The molecule has 0 aromatic heterocycles. The van der Waals surface area contributed by atoms with Crippen LogP contribution in [0.3, 0.4) is 0 Å². The molecule has 0 aromatic carbocycles. The van der Waals surface area contributed by atoms with Gasteiger partial charge in [0.05, 0.1) is 0 Å². The van der Waals surface area contributed by atoms with Crippen LogP contribution in [0.15, 0.2) is 0 Å². The minimum absolute atomic E-state index is 0. The van der Waals surface area contributed by atoms with Crippen molar-refractivity contribution in [3.8, 4) is 0 Å². The van der Waals surface area contributed by atoms with Crippen LogP contribution in [0.5, 0.6) is 0 Å². The number of hydrogen-bond acceptors (Lipinski definition) is 12. The van der Waals surface area contributed by atoms with Crippen LogP contribution in [0.1, 0.15) is 219 Å². The fraction of sp³-hybridized carbons (Fsp3) is 1.00. The second-order valence-electron chi connectivity index (χ2n) is 14.6. The van der Waals surface area contributed by atoms with Crippen molar-refractivity contribution in [2.75, 3.05) is 0 Å². The smallest absolute Gasteiger partial charge is 0.810 e. The van der Waals surface area contributed by atoms with Crippen LogP contribution in [-0.4, -0.2) is 48.5 Å². The largest absolute Gasteiger partial charge is 2.00 e. The standard InChI is InChI=1S/2C18H40O6P2.Ca/c2*1-2-3-4-5-6-7-8-9-10-11-12-13-14-15-16-17-18(25(19,20)21)26(22,23)24;/h2*18H,2-17H2,1H3,(H2,19,20,21)(H2,22,23,24);/q;;+2/p-8. The average molecular weight is 861 g/mol. The third-order valence-corrected chi connectivity index (χ3v) is 16.9. The SMILES string of the molecule is CCCCCCCCCCCCCCCCCC(P(=O)([O-])[O-])P(=O)([O-])[O-].CCCCCCCCCCCCCCCCCC(P(=O)([O-])[O-])P(=O)([O-])[O-].[Ca+2]. The van der Waals surface area contributed by atoms with E-state index in [9.17, 15) is 57.4 Å². The van der Waals surface area contributed by atoms with Crippen LogP contribution < -0.4 is 39.1 Å². The Bertz CT molecular complexity index is 877. The summed E-state index contributed by atoms with van der Waals surface area (Å²) in [5, 5.41) is -4.56. The van der Waals surface area contributed by atoms with Crippen molar-refractivity contribution >= 4 is 68.1 Å². The first-order chi connectivity index (χ1) is 24.4. The normalized spacial score (nSPS) is 12.6. The Morgan fingerprint density at radius 1 is 0.283 bits per heavy atom. The zero-order valence-electron chi connectivity index (χ0n) is 33.2. The van der Waals surface area contributed by atoms with Crippen molar-refractivity contribution in [2.24, 2.45) is 0 Å². The van der Waals surface area contributed by atoms with Crippen LogP contribution >= 0.6 is 30.4 Å². The molecule has 0 radical (unpaired) electrons. The quantitative estimate of drug-likeness (QED) is 0.0376. The molecule has 0 saturated carbocycles. The summed E-state index contributed by atoms with van der Waals surface area (Å²) in [6.07, 6.45) is 33.2. The summed E-state index contributed by atoms with van der Waals surface area (Å²) in [4.78, 5) is 86.9. The van der Waals surface area contributed by atoms with Gasteiger partial charge in [-0.25, -0.2) is 0 Å². The monoisotopic (exact) mass is 860 g/mol. The molecule has 0 N–H and O–H groups in total. The van der Waals surface area contributed by atoms with E-state index in [1.54, 1.807) is 0 Å². The molecule has 0 atom stereocenters. The number of hydrogen-bond donors (Lipinski definition) is 0. The van der Waals surface area contributed by atoms with E-state index in [0.29, 0.717) is 12.8 Å². The zero-order valence-corrected chi connectivity index (χ0v) is 39.0. The third-order valence-electron chi connectivity index (χ3n) is 9.59. The van der Waals surface area contributed by atoms with Gasteiger partial charge in [-0.1, -0.05) is 237 Å². The van der Waals surface area contributed by atoms with Crippen molar-refractivity contribution < 1.29 is 57.4 Å². The minimum atomic E-state index is -5.37. The Labute approximate surface area is 353 Å². The fourth-order valence-electron chi connectivity index (χ4n) is 6.38. The molecular formula is C36H72CaO12P4-6. The average Bonchev–Trinajstić information content (AvgIpc) is 3.02. The van der Waals surface area contributed by atoms with Gasteiger partial charge in [0.25, 0.3) is 0 Å². The Balaban J connectivity index is -0.000000926. The summed E-state index contributed by atoms with van der Waals surface area (Å²) in [5.41, 5.74) is 0. The first kappa shape index (κ1) is 59.2. The summed E-state index contributed by atoms with van der Waals surface area (Å²) < 4.78 is 43.4. The number of unbranched alkanes of at least 4 members (excludes halogenated alkanes) is 28. The Morgan fingerprint density at radius 2 is 0.415 bits per heavy atom. The van der Waals surface area contributed by atoms with Crippen molar-refractivity contribution in [2.45, 2.75) is 230 Å². The van der Waals surface area contributed by atoms with Gasteiger partial charge in [-0.05, 0) is 12.8 Å². The van der Waals surface area contributed by atoms with Gasteiger partial charge < -0.3 is 57.4 Å². The zero-order chi connectivity index (χ0) is 39.8. The molecule has 12 nitrogen and oxygen atoms in total. The van der Waals surface area contributed by atoms with Crippen LogP contribution in [-0.2, 0) is 18.3 Å². The third kappa shape index (κ3) is 40.4. The Hall–Kier alpha value is 1.86. The maximum Gasteiger partial charge on any atom is 2.00 e. The Morgan fingerprint density at radius 3 is 0.547 bits per heavy atom. The maximum atomic E-state index is 10.9. The summed E-state index contributed by atoms with van der Waals surface area (Å²) in [5.74, 6) is 0. The van der Waals surface area contributed by atoms with Crippen molar-refractivity contribution in [3.63, 3.8) is 0 Å². The molecule has 0 unspecified atom stereocenters. The van der Waals surface area contributed by atoms with Gasteiger partial charge in [-0.15, -0.1) is 0 Å². The van der Waals surface area contributed by atoms with Gasteiger partial charge in [0, 0.05) is 10.8 Å². The van der Waals surface area contributed by atoms with Crippen LogP contribution in [0.2, 0.25) is 0 Å². The van der Waals surface area contributed by atoms with Crippen LogP contribution in [0, 0.1) is 0 Å². The molecule has 0 heterocycles. The van der Waals surface area contributed by atoms with E-state index in [1.807, 2.05) is 0 Å². The minimum Gasteiger partial charge on any atom is -0.810 e.